The van der Waals surface area contributed by atoms with Crippen LogP contribution in [0.15, 0.2) is 42.6 Å². The molecule has 4 N–H and O–H groups in total. The van der Waals surface area contributed by atoms with Gasteiger partial charge in [0.2, 0.25) is 5.91 Å². The molecular weight excluding hydrogens is 274 g/mol. The second kappa shape index (κ2) is 5.83. The molecule has 0 aliphatic carbocycles. The fourth-order valence-corrected chi connectivity index (χ4v) is 1.68. The van der Waals surface area contributed by atoms with Crippen molar-refractivity contribution in [3.8, 4) is 0 Å². The lowest BCUT2D eigenvalue weighted by molar-refractivity contribution is 0.0691. The Bertz CT molecular complexity index is 728. The highest BCUT2D eigenvalue weighted by Gasteiger charge is 2.15. The number of carbonyl (C=O) groups excluding carboxylic acids is 2. The van der Waals surface area contributed by atoms with Gasteiger partial charge in [0.15, 0.2) is 5.69 Å². The summed E-state index contributed by atoms with van der Waals surface area (Å²) >= 11 is 0. The molecule has 1 heterocycles. The Balaban J connectivity index is 2.28. The fraction of sp³-hybridized carbons (Fsp3) is 0. The largest absolute Gasteiger partial charge is 0.476 e. The van der Waals surface area contributed by atoms with Crippen LogP contribution in [0.2, 0.25) is 0 Å². The summed E-state index contributed by atoms with van der Waals surface area (Å²) in [5.41, 5.74) is 5.32. The number of aromatic carboxylic acids is 1. The molecule has 106 valence electrons. The van der Waals surface area contributed by atoms with Gasteiger partial charge in [0.25, 0.3) is 5.91 Å². The van der Waals surface area contributed by atoms with Crippen LogP contribution in [0.5, 0.6) is 0 Å². The molecule has 0 fully saturated rings. The summed E-state index contributed by atoms with van der Waals surface area (Å²) < 4.78 is 0. The molecule has 7 heteroatoms. The van der Waals surface area contributed by atoms with E-state index in [9.17, 15) is 14.4 Å². The van der Waals surface area contributed by atoms with Crippen LogP contribution in [0.25, 0.3) is 0 Å². The summed E-state index contributed by atoms with van der Waals surface area (Å²) in [5, 5.41) is 11.4. The van der Waals surface area contributed by atoms with E-state index >= 15 is 0 Å². The van der Waals surface area contributed by atoms with Crippen molar-refractivity contribution in [2.75, 3.05) is 5.32 Å². The van der Waals surface area contributed by atoms with Crippen LogP contribution < -0.4 is 11.1 Å². The third kappa shape index (κ3) is 3.21. The summed E-state index contributed by atoms with van der Waals surface area (Å²) in [5.74, 6) is -2.47. The molecular formula is C14H11N3O4. The van der Waals surface area contributed by atoms with Crippen molar-refractivity contribution in [2.45, 2.75) is 0 Å². The van der Waals surface area contributed by atoms with Gasteiger partial charge in [-0.1, -0.05) is 6.07 Å². The van der Waals surface area contributed by atoms with Crippen molar-refractivity contribution in [3.63, 3.8) is 0 Å². The molecule has 0 aliphatic heterocycles. The molecule has 0 bridgehead atoms. The smallest absolute Gasteiger partial charge is 0.356 e. The lowest BCUT2D eigenvalue weighted by atomic mass is 10.1. The second-order valence-corrected chi connectivity index (χ2v) is 4.10. The third-order valence-electron chi connectivity index (χ3n) is 2.67. The monoisotopic (exact) mass is 285 g/mol. The number of pyridine rings is 1. The van der Waals surface area contributed by atoms with Crippen molar-refractivity contribution in [1.29, 1.82) is 0 Å². The number of anilines is 1. The Labute approximate surface area is 119 Å². The van der Waals surface area contributed by atoms with Crippen molar-refractivity contribution in [3.05, 3.63) is 59.4 Å². The van der Waals surface area contributed by atoms with E-state index in [0.29, 0.717) is 0 Å². The maximum Gasteiger partial charge on any atom is 0.356 e. The van der Waals surface area contributed by atoms with Crippen LogP contribution in [0.4, 0.5) is 5.69 Å². The van der Waals surface area contributed by atoms with Gasteiger partial charge in [-0.05, 0) is 30.3 Å². The zero-order chi connectivity index (χ0) is 15.4. The normalized spacial score (nSPS) is 9.90. The molecule has 0 saturated heterocycles. The topological polar surface area (TPSA) is 122 Å². The predicted molar refractivity (Wildman–Crippen MR) is 74.1 cm³/mol. The lowest BCUT2D eigenvalue weighted by Crippen LogP contribution is -2.17. The first-order valence-electron chi connectivity index (χ1n) is 5.88. The number of benzene rings is 1. The molecule has 0 spiro atoms. The first-order valence-corrected chi connectivity index (χ1v) is 5.88. The van der Waals surface area contributed by atoms with E-state index in [1.807, 2.05) is 0 Å². The molecule has 21 heavy (non-hydrogen) atoms. The molecule has 0 radical (unpaired) electrons. The van der Waals surface area contributed by atoms with Crippen LogP contribution in [-0.4, -0.2) is 27.9 Å². The highest BCUT2D eigenvalue weighted by atomic mass is 16.4. The molecule has 7 nitrogen and oxygen atoms in total. The van der Waals surface area contributed by atoms with Crippen LogP contribution in [-0.2, 0) is 0 Å². The SMILES string of the molecule is NC(=O)c1cccc(C(=O)Nc2cccnc2C(=O)O)c1. The Morgan fingerprint density at radius 1 is 1.10 bits per heavy atom. The molecule has 0 atom stereocenters. The van der Waals surface area contributed by atoms with Crippen molar-refractivity contribution in [1.82, 2.24) is 4.98 Å². The van der Waals surface area contributed by atoms with Gasteiger partial charge in [0.1, 0.15) is 0 Å². The maximum absolute atomic E-state index is 12.1. The van der Waals surface area contributed by atoms with Gasteiger partial charge >= 0.3 is 5.97 Å². The number of aromatic nitrogens is 1. The standard InChI is InChI=1S/C14H11N3O4/c15-12(18)8-3-1-4-9(7-8)13(19)17-10-5-2-6-16-11(10)14(20)21/h1-7H,(H2,15,18)(H,17,19)(H,20,21). The number of nitrogens with one attached hydrogen (secondary N) is 1. The maximum atomic E-state index is 12.1. The quantitative estimate of drug-likeness (QED) is 0.777. The van der Waals surface area contributed by atoms with Gasteiger partial charge in [-0.3, -0.25) is 9.59 Å². The molecule has 2 amide bonds. The Hall–Kier alpha value is -3.22. The first kappa shape index (κ1) is 14.2. The van der Waals surface area contributed by atoms with Gasteiger partial charge in [0, 0.05) is 17.3 Å². The summed E-state index contributed by atoms with van der Waals surface area (Å²) in [4.78, 5) is 37.9. The fourth-order valence-electron chi connectivity index (χ4n) is 1.68. The molecule has 2 aromatic rings. The van der Waals surface area contributed by atoms with E-state index in [1.54, 1.807) is 0 Å². The van der Waals surface area contributed by atoms with Gasteiger partial charge in [-0.25, -0.2) is 9.78 Å². The summed E-state index contributed by atoms with van der Waals surface area (Å²) in [7, 11) is 0. The van der Waals surface area contributed by atoms with Crippen molar-refractivity contribution >= 4 is 23.5 Å². The Kier molecular flexibility index (Phi) is 3.94. The van der Waals surface area contributed by atoms with Crippen molar-refractivity contribution in [2.24, 2.45) is 5.73 Å². The van der Waals surface area contributed by atoms with E-state index < -0.39 is 17.8 Å². The number of rotatable bonds is 4. The molecule has 2 rings (SSSR count). The number of primary amides is 1. The average Bonchev–Trinajstić information content (AvgIpc) is 2.47. The Morgan fingerprint density at radius 2 is 1.81 bits per heavy atom. The minimum atomic E-state index is -1.25. The third-order valence-corrected chi connectivity index (χ3v) is 2.67. The van der Waals surface area contributed by atoms with Crippen LogP contribution >= 0.6 is 0 Å². The number of nitrogens with two attached hydrogens (primary N) is 1. The van der Waals surface area contributed by atoms with Gasteiger partial charge in [-0.2, -0.15) is 0 Å². The summed E-state index contributed by atoms with van der Waals surface area (Å²) in [6, 6.07) is 8.73. The zero-order valence-electron chi connectivity index (χ0n) is 10.7. The van der Waals surface area contributed by atoms with Crippen molar-refractivity contribution < 1.29 is 19.5 Å². The van der Waals surface area contributed by atoms with Crippen LogP contribution in [0, 0.1) is 0 Å². The van der Waals surface area contributed by atoms with E-state index in [-0.39, 0.29) is 22.5 Å². The molecule has 0 aliphatic rings. The minimum absolute atomic E-state index is 0.0690. The average molecular weight is 285 g/mol. The number of carboxylic acids is 1. The number of nitrogens with zero attached hydrogens (tertiary/aromatic N) is 1. The highest BCUT2D eigenvalue weighted by Crippen LogP contribution is 2.14. The van der Waals surface area contributed by atoms with Gasteiger partial charge in [-0.15, -0.1) is 0 Å². The molecule has 0 unspecified atom stereocenters. The molecule has 1 aromatic heterocycles. The highest BCUT2D eigenvalue weighted by molar-refractivity contribution is 6.08. The second-order valence-electron chi connectivity index (χ2n) is 4.10. The first-order chi connectivity index (χ1) is 9.99. The van der Waals surface area contributed by atoms with Gasteiger partial charge < -0.3 is 16.2 Å². The van der Waals surface area contributed by atoms with Gasteiger partial charge in [0.05, 0.1) is 5.69 Å². The number of amides is 2. The molecule has 0 saturated carbocycles. The minimum Gasteiger partial charge on any atom is -0.476 e. The summed E-state index contributed by atoms with van der Waals surface area (Å²) in [6.07, 6.45) is 1.31. The number of carboxylic acid groups (broad SMARTS) is 1. The predicted octanol–water partition coefficient (Wildman–Crippen LogP) is 1.13. The number of hydrogen-bond acceptors (Lipinski definition) is 4. The van der Waals surface area contributed by atoms with Crippen LogP contribution in [0.3, 0.4) is 0 Å². The van der Waals surface area contributed by atoms with Crippen LogP contribution in [0.1, 0.15) is 31.2 Å². The zero-order valence-corrected chi connectivity index (χ0v) is 10.7. The number of hydrogen-bond donors (Lipinski definition) is 3. The molecule has 1 aromatic carbocycles. The summed E-state index contributed by atoms with van der Waals surface area (Å²) in [6.45, 7) is 0. The lowest BCUT2D eigenvalue weighted by Gasteiger charge is -2.08. The van der Waals surface area contributed by atoms with E-state index in [0.717, 1.165) is 0 Å². The van der Waals surface area contributed by atoms with E-state index in [1.165, 1.54) is 42.6 Å². The van der Waals surface area contributed by atoms with E-state index in [4.69, 9.17) is 10.8 Å². The Morgan fingerprint density at radius 3 is 2.48 bits per heavy atom. The van der Waals surface area contributed by atoms with E-state index in [2.05, 4.69) is 10.3 Å². The number of carbonyl (C=O) groups is 3.